The molecular formula is C52H48Cl6O3OsP2. The third-order valence-corrected chi connectivity index (χ3v) is 15.7. The van der Waals surface area contributed by atoms with E-state index in [0.717, 1.165) is 15.9 Å². The van der Waals surface area contributed by atoms with Crippen molar-refractivity contribution in [2.75, 3.05) is 17.3 Å². The van der Waals surface area contributed by atoms with Crippen molar-refractivity contribution in [2.24, 2.45) is 0 Å². The molecule has 0 radical (unpaired) electrons. The summed E-state index contributed by atoms with van der Waals surface area (Å²) in [4.78, 5) is 26.5. The molecule has 0 bridgehead atoms. The number of alkyl halides is 4. The van der Waals surface area contributed by atoms with Crippen molar-refractivity contribution in [1.82, 2.24) is 0 Å². The number of hydrogen-bond donors (Lipinski definition) is 0. The van der Waals surface area contributed by atoms with Crippen LogP contribution in [0, 0.1) is 0 Å². The molecule has 0 saturated carbocycles. The summed E-state index contributed by atoms with van der Waals surface area (Å²) in [6.07, 6.45) is 3.80. The Bertz CT molecular complexity index is 2190. The Morgan fingerprint density at radius 3 is 1.08 bits per heavy atom. The second kappa shape index (κ2) is 33.9. The van der Waals surface area contributed by atoms with Gasteiger partial charge in [-0.15, -0.1) is 46.4 Å². The first-order chi connectivity index (χ1) is 30.0. The van der Waals surface area contributed by atoms with Crippen molar-refractivity contribution in [3.05, 3.63) is 230 Å². The average molecular weight is 1190 g/mol. The molecule has 0 unspecified atom stereocenters. The smallest absolute Gasteiger partial charge is 1.00 e. The topological polar surface area (TPSA) is 43.4 Å². The Balaban J connectivity index is 0.000000616. The van der Waals surface area contributed by atoms with Gasteiger partial charge in [-0.2, -0.15) is 0 Å². The van der Waals surface area contributed by atoms with Crippen LogP contribution in [0.3, 0.4) is 0 Å². The molecule has 0 aliphatic rings. The molecule has 0 saturated heterocycles. The van der Waals surface area contributed by atoms with Crippen LogP contribution in [-0.2, 0) is 29.3 Å². The van der Waals surface area contributed by atoms with Crippen LogP contribution >= 0.6 is 61.2 Å². The Morgan fingerprint density at radius 1 is 0.500 bits per heavy atom. The van der Waals surface area contributed by atoms with Crippen LogP contribution in [0.2, 0.25) is 0 Å². The van der Waals surface area contributed by atoms with Gasteiger partial charge in [0.05, 0.1) is 22.6 Å². The van der Waals surface area contributed by atoms with Crippen molar-refractivity contribution in [3.8, 4) is 0 Å². The molecule has 7 rings (SSSR count). The van der Waals surface area contributed by atoms with Crippen LogP contribution in [0.5, 0.6) is 0 Å². The molecule has 0 spiro atoms. The van der Waals surface area contributed by atoms with E-state index in [-0.39, 0.29) is 80.1 Å². The SMILES string of the molecule is CCOC(=O)C(/C=C\CC(=O)c1ccccc1)=P(c1ccccc1)(c1ccccc1)c1ccccc1.ClCCl.ClCCl.[Cl-].[Cl-].[Os+2].c1ccc(P(c2ccccc2)c2ccccc2)cc1. The second-order valence-corrected chi connectivity index (χ2v) is 19.9. The number of rotatable bonds is 12. The molecule has 12 heteroatoms. The summed E-state index contributed by atoms with van der Waals surface area (Å²) in [6.45, 7) is -0.564. The third kappa shape index (κ3) is 17.4. The minimum Gasteiger partial charge on any atom is -1.00 e. The molecule has 7 aromatic carbocycles. The van der Waals surface area contributed by atoms with Gasteiger partial charge in [0.25, 0.3) is 0 Å². The van der Waals surface area contributed by atoms with Crippen molar-refractivity contribution >= 4 is 110 Å². The van der Waals surface area contributed by atoms with Gasteiger partial charge in [-0.1, -0.05) is 224 Å². The Morgan fingerprint density at radius 2 is 0.781 bits per heavy atom. The third-order valence-electron chi connectivity index (χ3n) is 8.99. The summed E-state index contributed by atoms with van der Waals surface area (Å²) in [7, 11) is -0.446. The number of Topliss-reactive ketones (excluding diaryl/α,β-unsaturated/α-hetero) is 1. The van der Waals surface area contributed by atoms with Crippen LogP contribution < -0.4 is 56.6 Å². The molecule has 0 aromatic heterocycles. The fourth-order valence-electron chi connectivity index (χ4n) is 6.54. The molecule has 3 nitrogen and oxygen atoms in total. The molecule has 334 valence electrons. The standard InChI is InChI=1S/C32H29O3P.C18H15P.2CH2Cl2.2ClH.Os/c1-2-35-32(34)31(25-15-24-30(33)26-16-7-3-8-17-26)36(27-18-9-4-10-19-27,28-20-11-5-12-21-28)29-22-13-6-14-23-29;1-4-10-16(11-5-1)19(17-12-6-2-7-13-17)18-14-8-3-9-15-18;2*2-1-3;;;/h3-23,25H,2,24H2,1H3;1-15H;2*1H2;2*1H;/q;;;;;;+2/p-2/b25-15-;;;;;;. The maximum absolute atomic E-state index is 13.7. The number of carbonyl (C=O) groups excluding carboxylic acids is 2. The molecule has 0 aliphatic carbocycles. The summed E-state index contributed by atoms with van der Waals surface area (Å²) in [5.74, 6) is -0.371. The summed E-state index contributed by atoms with van der Waals surface area (Å²) in [5, 5.41) is 8.28. The number of ketones is 1. The predicted octanol–water partition coefficient (Wildman–Crippen LogP) is 5.84. The summed E-state index contributed by atoms with van der Waals surface area (Å²) in [6, 6.07) is 71.9. The van der Waals surface area contributed by atoms with Gasteiger partial charge in [-0.3, -0.25) is 4.79 Å². The van der Waals surface area contributed by atoms with Crippen molar-refractivity contribution in [2.45, 2.75) is 13.3 Å². The van der Waals surface area contributed by atoms with Gasteiger partial charge in [0.1, 0.15) is 0 Å². The number of carbonyl (C=O) groups is 2. The number of esters is 1. The first kappa shape index (κ1) is 58.5. The van der Waals surface area contributed by atoms with E-state index in [0.29, 0.717) is 10.9 Å². The first-order valence-corrected chi connectivity index (χ1v) is 24.8. The number of halogens is 6. The van der Waals surface area contributed by atoms with E-state index >= 15 is 0 Å². The van der Waals surface area contributed by atoms with Crippen molar-refractivity contribution < 1.29 is 58.9 Å². The minimum absolute atomic E-state index is 0. The molecule has 7 aromatic rings. The fourth-order valence-corrected chi connectivity index (χ4v) is 13.1. The summed E-state index contributed by atoms with van der Waals surface area (Å²) >= 11 is 19.1. The molecule has 0 heterocycles. The molecule has 0 aliphatic heterocycles. The molecular weight excluding hydrogens is 1140 g/mol. The summed E-state index contributed by atoms with van der Waals surface area (Å²) in [5.41, 5.74) is 0.648. The summed E-state index contributed by atoms with van der Waals surface area (Å²) < 4.78 is 5.63. The quantitative estimate of drug-likeness (QED) is 0.0670. The maximum atomic E-state index is 13.7. The van der Waals surface area contributed by atoms with Gasteiger partial charge in [-0.25, -0.2) is 4.79 Å². The zero-order valence-electron chi connectivity index (χ0n) is 34.9. The Hall–Kier alpha value is -3.47. The maximum Gasteiger partial charge on any atom is 2.00 e. The monoisotopic (exact) mass is 1180 g/mol. The molecule has 0 N–H and O–H groups in total. The van der Waals surface area contributed by atoms with Gasteiger partial charge < -0.3 is 29.6 Å². The molecule has 0 atom stereocenters. The fraction of sp³-hybridized carbons (Fsp3) is 0.0962. The van der Waals surface area contributed by atoms with E-state index < -0.39 is 14.8 Å². The average Bonchev–Trinajstić information content (AvgIpc) is 3.32. The number of allylic oxidation sites excluding steroid dienone is 1. The van der Waals surface area contributed by atoms with Crippen molar-refractivity contribution in [3.63, 3.8) is 0 Å². The molecule has 0 fully saturated rings. The van der Waals surface area contributed by atoms with E-state index in [2.05, 4.69) is 127 Å². The van der Waals surface area contributed by atoms with E-state index in [9.17, 15) is 9.59 Å². The van der Waals surface area contributed by atoms with Gasteiger partial charge in [0.2, 0.25) is 0 Å². The Labute approximate surface area is 426 Å². The van der Waals surface area contributed by atoms with E-state index in [1.165, 1.54) is 15.9 Å². The van der Waals surface area contributed by atoms with Crippen LogP contribution in [0.15, 0.2) is 224 Å². The van der Waals surface area contributed by atoms with Gasteiger partial charge >= 0.3 is 25.8 Å². The Kier molecular flexibility index (Phi) is 31.0. The van der Waals surface area contributed by atoms with Gasteiger partial charge in [0.15, 0.2) is 5.78 Å². The van der Waals surface area contributed by atoms with E-state index in [1.807, 2.05) is 85.8 Å². The first-order valence-electron chi connectivity index (χ1n) is 19.5. The normalized spacial score (nSPS) is 10.0. The second-order valence-electron chi connectivity index (χ2n) is 12.7. The van der Waals surface area contributed by atoms with Crippen LogP contribution in [0.4, 0.5) is 0 Å². The predicted molar refractivity (Wildman–Crippen MR) is 270 cm³/mol. The zero-order valence-corrected chi connectivity index (χ0v) is 43.8. The minimum atomic E-state index is -2.64. The number of benzene rings is 7. The number of hydrogen-bond acceptors (Lipinski definition) is 3. The van der Waals surface area contributed by atoms with E-state index in [4.69, 9.17) is 51.1 Å². The van der Waals surface area contributed by atoms with Crippen LogP contribution in [0.1, 0.15) is 23.7 Å². The van der Waals surface area contributed by atoms with Crippen LogP contribution in [0.25, 0.3) is 0 Å². The van der Waals surface area contributed by atoms with Gasteiger partial charge in [0, 0.05) is 12.0 Å². The van der Waals surface area contributed by atoms with Crippen molar-refractivity contribution in [1.29, 1.82) is 0 Å². The van der Waals surface area contributed by atoms with Crippen LogP contribution in [-0.4, -0.2) is 34.3 Å². The molecule has 0 amide bonds. The zero-order chi connectivity index (χ0) is 43.5. The largest absolute Gasteiger partial charge is 2.00 e. The van der Waals surface area contributed by atoms with E-state index in [1.54, 1.807) is 18.2 Å². The number of ether oxygens (including phenoxy) is 1. The van der Waals surface area contributed by atoms with Gasteiger partial charge in [-0.05, 0) is 53.6 Å². The molecule has 64 heavy (non-hydrogen) atoms.